The standard InChI is InChI=1S/C26H34N2O6S/c29-25(27-30)26(14-19-33-20-15-26)35(31,32)23-12-10-22(11-13-23)34-18-5-1-4-16-28-17-6-8-21-7-2-3-9-24(21)28/h2-3,7,9-13,30H,1,4-6,8,14-20H2,(H,27,29). The van der Waals surface area contributed by atoms with Crippen molar-refractivity contribution in [1.29, 1.82) is 0 Å². The summed E-state index contributed by atoms with van der Waals surface area (Å²) in [4.78, 5) is 14.8. The number of carbonyl (C=O) groups excluding carboxylic acids is 1. The summed E-state index contributed by atoms with van der Waals surface area (Å²) < 4.78 is 35.9. The van der Waals surface area contributed by atoms with E-state index in [4.69, 9.17) is 14.7 Å². The number of nitrogens with zero attached hydrogens (tertiary/aromatic N) is 1. The molecule has 8 nitrogen and oxygen atoms in total. The third-order valence-corrected chi connectivity index (χ3v) is 9.53. The summed E-state index contributed by atoms with van der Waals surface area (Å²) in [5.41, 5.74) is 4.33. The Morgan fingerprint density at radius 3 is 2.54 bits per heavy atom. The highest BCUT2D eigenvalue weighted by molar-refractivity contribution is 7.93. The minimum Gasteiger partial charge on any atom is -0.494 e. The van der Waals surface area contributed by atoms with Crippen LogP contribution in [0.25, 0.3) is 0 Å². The second-order valence-corrected chi connectivity index (χ2v) is 11.4. The fourth-order valence-electron chi connectivity index (χ4n) is 4.98. The van der Waals surface area contributed by atoms with Gasteiger partial charge in [-0.05, 0) is 80.8 Å². The van der Waals surface area contributed by atoms with Gasteiger partial charge in [0, 0.05) is 32.0 Å². The molecule has 2 aliphatic heterocycles. The van der Waals surface area contributed by atoms with Crippen molar-refractivity contribution in [3.8, 4) is 5.75 Å². The van der Waals surface area contributed by atoms with Crippen LogP contribution in [0.15, 0.2) is 53.4 Å². The molecule has 2 heterocycles. The number of hydroxylamine groups is 1. The number of para-hydroxylation sites is 1. The SMILES string of the molecule is O=C(NO)C1(S(=O)(=O)c2ccc(OCCCCCN3CCCc4ccccc43)cc2)CCOCC1. The molecule has 9 heteroatoms. The lowest BCUT2D eigenvalue weighted by molar-refractivity contribution is -0.134. The maximum Gasteiger partial charge on any atom is 0.265 e. The van der Waals surface area contributed by atoms with Crippen LogP contribution < -0.4 is 15.1 Å². The van der Waals surface area contributed by atoms with Gasteiger partial charge in [0.1, 0.15) is 5.75 Å². The lowest BCUT2D eigenvalue weighted by Crippen LogP contribution is -2.54. The summed E-state index contributed by atoms with van der Waals surface area (Å²) in [6.07, 6.45) is 5.39. The van der Waals surface area contributed by atoms with E-state index < -0.39 is 20.5 Å². The number of anilines is 1. The first-order valence-electron chi connectivity index (χ1n) is 12.3. The van der Waals surface area contributed by atoms with Crippen LogP contribution in [0.4, 0.5) is 5.69 Å². The molecule has 2 aromatic rings. The van der Waals surface area contributed by atoms with Gasteiger partial charge in [-0.15, -0.1) is 0 Å². The van der Waals surface area contributed by atoms with E-state index in [2.05, 4.69) is 29.2 Å². The Balaban J connectivity index is 1.26. The average Bonchev–Trinajstić information content (AvgIpc) is 2.90. The molecule has 0 atom stereocenters. The number of hydrogen-bond acceptors (Lipinski definition) is 7. The smallest absolute Gasteiger partial charge is 0.265 e. The molecule has 1 saturated heterocycles. The maximum atomic E-state index is 13.3. The summed E-state index contributed by atoms with van der Waals surface area (Å²) in [7, 11) is -4.03. The number of nitrogens with one attached hydrogen (secondary N) is 1. The Hall–Kier alpha value is -2.62. The van der Waals surface area contributed by atoms with Gasteiger partial charge in [0.05, 0.1) is 11.5 Å². The molecule has 0 spiro atoms. The van der Waals surface area contributed by atoms with Gasteiger partial charge in [-0.2, -0.15) is 0 Å². The van der Waals surface area contributed by atoms with Crippen molar-refractivity contribution in [3.05, 3.63) is 54.1 Å². The van der Waals surface area contributed by atoms with Crippen molar-refractivity contribution in [2.24, 2.45) is 0 Å². The van der Waals surface area contributed by atoms with E-state index in [1.165, 1.54) is 35.3 Å². The third-order valence-electron chi connectivity index (χ3n) is 7.01. The number of rotatable bonds is 10. The maximum absolute atomic E-state index is 13.3. The van der Waals surface area contributed by atoms with Crippen LogP contribution in [-0.4, -0.2) is 57.2 Å². The highest BCUT2D eigenvalue weighted by atomic mass is 32.2. The predicted molar refractivity (Wildman–Crippen MR) is 133 cm³/mol. The largest absolute Gasteiger partial charge is 0.494 e. The molecule has 4 rings (SSSR count). The summed E-state index contributed by atoms with van der Waals surface area (Å²) in [5.74, 6) is -0.337. The Morgan fingerprint density at radius 1 is 1.06 bits per heavy atom. The van der Waals surface area contributed by atoms with Crippen LogP contribution in [0.3, 0.4) is 0 Å². The Bertz CT molecular complexity index is 1100. The molecule has 1 amide bonds. The lowest BCUT2D eigenvalue weighted by Gasteiger charge is -2.34. The van der Waals surface area contributed by atoms with Crippen LogP contribution in [0, 0.1) is 0 Å². The molecule has 0 radical (unpaired) electrons. The van der Waals surface area contributed by atoms with Gasteiger partial charge in [0.15, 0.2) is 14.6 Å². The zero-order valence-corrected chi connectivity index (χ0v) is 20.8. The summed E-state index contributed by atoms with van der Waals surface area (Å²) in [6.45, 7) is 2.97. The van der Waals surface area contributed by atoms with Gasteiger partial charge >= 0.3 is 0 Å². The first kappa shape index (κ1) is 25.5. The average molecular weight is 503 g/mol. The van der Waals surface area contributed by atoms with E-state index in [0.717, 1.165) is 38.8 Å². The van der Waals surface area contributed by atoms with Crippen molar-refractivity contribution < 1.29 is 27.9 Å². The van der Waals surface area contributed by atoms with Gasteiger partial charge in [-0.25, -0.2) is 13.9 Å². The fourth-order valence-corrected chi connectivity index (χ4v) is 6.92. The second kappa shape index (κ2) is 11.4. The normalized spacial score (nSPS) is 17.5. The first-order chi connectivity index (χ1) is 17.0. The number of amides is 1. The topological polar surface area (TPSA) is 105 Å². The highest BCUT2D eigenvalue weighted by Gasteiger charge is 2.52. The van der Waals surface area contributed by atoms with Crippen LogP contribution in [0.5, 0.6) is 5.75 Å². The Morgan fingerprint density at radius 2 is 1.80 bits per heavy atom. The first-order valence-corrected chi connectivity index (χ1v) is 13.8. The van der Waals surface area contributed by atoms with E-state index >= 15 is 0 Å². The molecule has 0 aliphatic carbocycles. The number of sulfone groups is 1. The number of aryl methyl sites for hydroxylation is 1. The van der Waals surface area contributed by atoms with Crippen molar-refractivity contribution in [2.45, 2.75) is 54.6 Å². The number of benzene rings is 2. The van der Waals surface area contributed by atoms with E-state index in [-0.39, 0.29) is 31.0 Å². The monoisotopic (exact) mass is 502 g/mol. The van der Waals surface area contributed by atoms with E-state index in [1.807, 2.05) is 0 Å². The predicted octanol–water partition coefficient (Wildman–Crippen LogP) is 3.52. The van der Waals surface area contributed by atoms with Crippen molar-refractivity contribution in [3.63, 3.8) is 0 Å². The van der Waals surface area contributed by atoms with E-state index in [9.17, 15) is 13.2 Å². The summed E-state index contributed by atoms with van der Waals surface area (Å²) in [6, 6.07) is 14.8. The van der Waals surface area contributed by atoms with Gasteiger partial charge in [-0.3, -0.25) is 10.0 Å². The number of ether oxygens (including phenoxy) is 2. The van der Waals surface area contributed by atoms with Crippen LogP contribution in [0.1, 0.15) is 44.1 Å². The van der Waals surface area contributed by atoms with Crippen LogP contribution >= 0.6 is 0 Å². The number of carbonyl (C=O) groups is 1. The van der Waals surface area contributed by atoms with E-state index in [0.29, 0.717) is 12.4 Å². The molecule has 0 saturated carbocycles. The molecule has 2 aliphatic rings. The van der Waals surface area contributed by atoms with Crippen molar-refractivity contribution in [2.75, 3.05) is 37.8 Å². The summed E-state index contributed by atoms with van der Waals surface area (Å²) >= 11 is 0. The molecule has 35 heavy (non-hydrogen) atoms. The summed E-state index contributed by atoms with van der Waals surface area (Å²) in [5, 5.41) is 9.16. The number of fused-ring (bicyclic) bond motifs is 1. The molecule has 1 fully saturated rings. The zero-order chi connectivity index (χ0) is 24.7. The Kier molecular flexibility index (Phi) is 8.30. The second-order valence-electron chi connectivity index (χ2n) is 9.15. The van der Waals surface area contributed by atoms with Crippen molar-refractivity contribution in [1.82, 2.24) is 5.48 Å². The van der Waals surface area contributed by atoms with Gasteiger partial charge < -0.3 is 14.4 Å². The van der Waals surface area contributed by atoms with Crippen LogP contribution in [-0.2, 0) is 25.8 Å². The molecule has 2 aromatic carbocycles. The highest BCUT2D eigenvalue weighted by Crippen LogP contribution is 2.36. The zero-order valence-electron chi connectivity index (χ0n) is 19.9. The molecule has 0 unspecified atom stereocenters. The van der Waals surface area contributed by atoms with Gasteiger partial charge in [-0.1, -0.05) is 18.2 Å². The van der Waals surface area contributed by atoms with E-state index in [1.54, 1.807) is 12.1 Å². The van der Waals surface area contributed by atoms with Gasteiger partial charge in [0.25, 0.3) is 5.91 Å². The third kappa shape index (κ3) is 5.47. The lowest BCUT2D eigenvalue weighted by atomic mass is 9.98. The minimum absolute atomic E-state index is 0.0109. The Labute approximate surface area is 207 Å². The molecule has 2 N–H and O–H groups in total. The molecule has 0 bridgehead atoms. The molecule has 190 valence electrons. The molecule has 0 aromatic heterocycles. The number of unbranched alkanes of at least 4 members (excludes halogenated alkanes) is 2. The van der Waals surface area contributed by atoms with Crippen molar-refractivity contribution >= 4 is 21.4 Å². The fraction of sp³-hybridized carbons (Fsp3) is 0.500. The van der Waals surface area contributed by atoms with Crippen LogP contribution in [0.2, 0.25) is 0 Å². The quantitative estimate of drug-likeness (QED) is 0.291. The minimum atomic E-state index is -4.03. The number of hydrogen-bond donors (Lipinski definition) is 2. The molecular formula is C26H34N2O6S. The van der Waals surface area contributed by atoms with Gasteiger partial charge in [0.2, 0.25) is 0 Å². The molecular weight excluding hydrogens is 468 g/mol.